The molecule has 110 valence electrons. The van der Waals surface area contributed by atoms with Crippen LogP contribution in [0.4, 0.5) is 4.79 Å². The minimum absolute atomic E-state index is 0.173. The van der Waals surface area contributed by atoms with E-state index in [9.17, 15) is 4.79 Å². The van der Waals surface area contributed by atoms with Crippen molar-refractivity contribution in [3.05, 3.63) is 63.9 Å². The first kappa shape index (κ1) is 15.6. The lowest BCUT2D eigenvalue weighted by Crippen LogP contribution is -2.36. The molecule has 0 unspecified atom stereocenters. The zero-order valence-corrected chi connectivity index (χ0v) is 12.9. The summed E-state index contributed by atoms with van der Waals surface area (Å²) in [4.78, 5) is 15.8. The molecule has 0 saturated heterocycles. The first-order valence-electron chi connectivity index (χ1n) is 6.44. The number of nitrogens with one attached hydrogen (secondary N) is 2. The number of benzene rings is 1. The highest BCUT2D eigenvalue weighted by Crippen LogP contribution is 2.25. The summed E-state index contributed by atoms with van der Waals surface area (Å²) >= 11 is 11.8. The number of halogens is 2. The molecule has 1 aromatic carbocycles. The highest BCUT2D eigenvalue weighted by Gasteiger charge is 2.10. The van der Waals surface area contributed by atoms with Gasteiger partial charge in [-0.2, -0.15) is 0 Å². The van der Waals surface area contributed by atoms with E-state index in [1.54, 1.807) is 24.5 Å². The Kier molecular flexibility index (Phi) is 5.42. The lowest BCUT2D eigenvalue weighted by Gasteiger charge is -2.15. The van der Waals surface area contributed by atoms with Gasteiger partial charge in [-0.15, -0.1) is 0 Å². The summed E-state index contributed by atoms with van der Waals surface area (Å²) in [5.41, 5.74) is 1.83. The molecule has 6 heteroatoms. The molecule has 0 fully saturated rings. The monoisotopic (exact) mass is 323 g/mol. The zero-order chi connectivity index (χ0) is 15.2. The van der Waals surface area contributed by atoms with Crippen molar-refractivity contribution in [1.29, 1.82) is 0 Å². The third kappa shape index (κ3) is 4.62. The Morgan fingerprint density at radius 3 is 2.76 bits per heavy atom. The summed E-state index contributed by atoms with van der Waals surface area (Å²) in [6.07, 6.45) is 3.40. The molecule has 0 saturated carbocycles. The van der Waals surface area contributed by atoms with Crippen molar-refractivity contribution >= 4 is 29.2 Å². The van der Waals surface area contributed by atoms with Gasteiger partial charge in [-0.3, -0.25) is 4.98 Å². The number of carbonyl (C=O) groups excluding carboxylic acids is 1. The van der Waals surface area contributed by atoms with Crippen molar-refractivity contribution < 1.29 is 4.79 Å². The largest absolute Gasteiger partial charge is 0.334 e. The van der Waals surface area contributed by atoms with E-state index in [0.29, 0.717) is 16.6 Å². The van der Waals surface area contributed by atoms with Crippen LogP contribution in [0, 0.1) is 0 Å². The molecule has 1 heterocycles. The molecule has 1 aromatic heterocycles. The number of urea groups is 1. The summed E-state index contributed by atoms with van der Waals surface area (Å²) in [7, 11) is 0. The summed E-state index contributed by atoms with van der Waals surface area (Å²) in [5.74, 6) is 0. The molecule has 2 amide bonds. The van der Waals surface area contributed by atoms with Gasteiger partial charge in [-0.05, 0) is 36.2 Å². The Bertz CT molecular complexity index is 620. The van der Waals surface area contributed by atoms with E-state index in [4.69, 9.17) is 23.2 Å². The van der Waals surface area contributed by atoms with Crippen LogP contribution in [0.5, 0.6) is 0 Å². The first-order chi connectivity index (χ1) is 10.1. The van der Waals surface area contributed by atoms with Gasteiger partial charge in [-0.25, -0.2) is 4.79 Å². The van der Waals surface area contributed by atoms with Gasteiger partial charge in [0.05, 0.1) is 16.1 Å². The van der Waals surface area contributed by atoms with E-state index in [-0.39, 0.29) is 12.1 Å². The highest BCUT2D eigenvalue weighted by atomic mass is 35.5. The predicted octanol–water partition coefficient (Wildman–Crippen LogP) is 3.95. The fraction of sp³-hybridized carbons (Fsp3) is 0.200. The summed E-state index contributed by atoms with van der Waals surface area (Å²) in [6.45, 7) is 2.30. The van der Waals surface area contributed by atoms with E-state index in [2.05, 4.69) is 15.6 Å². The van der Waals surface area contributed by atoms with Crippen molar-refractivity contribution in [3.63, 3.8) is 0 Å². The fourth-order valence-electron chi connectivity index (χ4n) is 1.80. The topological polar surface area (TPSA) is 54.0 Å². The van der Waals surface area contributed by atoms with Gasteiger partial charge in [0.15, 0.2) is 0 Å². The average Bonchev–Trinajstić information content (AvgIpc) is 2.49. The van der Waals surface area contributed by atoms with Gasteiger partial charge in [0.25, 0.3) is 0 Å². The Balaban J connectivity index is 1.88. The van der Waals surface area contributed by atoms with E-state index in [1.165, 1.54) is 0 Å². The molecule has 2 rings (SSSR count). The molecule has 2 aromatic rings. The van der Waals surface area contributed by atoms with Crippen LogP contribution in [-0.2, 0) is 6.54 Å². The van der Waals surface area contributed by atoms with Gasteiger partial charge < -0.3 is 10.6 Å². The second-order valence-corrected chi connectivity index (χ2v) is 5.40. The van der Waals surface area contributed by atoms with E-state index >= 15 is 0 Å². The third-order valence-corrected chi connectivity index (χ3v) is 3.71. The average molecular weight is 324 g/mol. The van der Waals surface area contributed by atoms with Gasteiger partial charge in [0.1, 0.15) is 0 Å². The maximum atomic E-state index is 11.9. The van der Waals surface area contributed by atoms with Crippen LogP contribution in [0.15, 0.2) is 42.7 Å². The Morgan fingerprint density at radius 2 is 2.10 bits per heavy atom. The van der Waals surface area contributed by atoms with Gasteiger partial charge in [-0.1, -0.05) is 35.3 Å². The molecular weight excluding hydrogens is 309 g/mol. The van der Waals surface area contributed by atoms with Crippen LogP contribution < -0.4 is 10.6 Å². The minimum Gasteiger partial charge on any atom is -0.334 e. The van der Waals surface area contributed by atoms with Gasteiger partial charge in [0, 0.05) is 18.9 Å². The SMILES string of the molecule is C[C@H](NC(=O)NCc1cccnc1)c1ccc(Cl)c(Cl)c1. The molecule has 2 N–H and O–H groups in total. The lowest BCUT2D eigenvalue weighted by atomic mass is 10.1. The summed E-state index contributed by atoms with van der Waals surface area (Å²) < 4.78 is 0. The molecule has 0 aliphatic heterocycles. The molecule has 0 aliphatic rings. The predicted molar refractivity (Wildman–Crippen MR) is 84.5 cm³/mol. The number of nitrogens with zero attached hydrogens (tertiary/aromatic N) is 1. The number of pyridine rings is 1. The number of rotatable bonds is 4. The van der Waals surface area contributed by atoms with Crippen LogP contribution in [-0.4, -0.2) is 11.0 Å². The number of hydrogen-bond donors (Lipinski definition) is 2. The standard InChI is InChI=1S/C15H15Cl2N3O/c1-10(12-4-5-13(16)14(17)7-12)20-15(21)19-9-11-3-2-6-18-8-11/h2-8,10H,9H2,1H3,(H2,19,20,21)/t10-/m0/s1. The van der Waals surface area contributed by atoms with Crippen molar-refractivity contribution in [3.8, 4) is 0 Å². The minimum atomic E-state index is -0.252. The van der Waals surface area contributed by atoms with Crippen LogP contribution in [0.3, 0.4) is 0 Å². The molecular formula is C15H15Cl2N3O. The maximum Gasteiger partial charge on any atom is 0.315 e. The molecule has 1 atom stereocenters. The van der Waals surface area contributed by atoms with Crippen molar-refractivity contribution in [2.24, 2.45) is 0 Å². The fourth-order valence-corrected chi connectivity index (χ4v) is 2.10. The van der Waals surface area contributed by atoms with E-state index in [1.807, 2.05) is 25.1 Å². The van der Waals surface area contributed by atoms with Crippen molar-refractivity contribution in [2.75, 3.05) is 0 Å². The number of aromatic nitrogens is 1. The van der Waals surface area contributed by atoms with Crippen LogP contribution in [0.2, 0.25) is 10.0 Å². The van der Waals surface area contributed by atoms with Crippen molar-refractivity contribution in [1.82, 2.24) is 15.6 Å². The Morgan fingerprint density at radius 1 is 1.29 bits per heavy atom. The van der Waals surface area contributed by atoms with Crippen LogP contribution in [0.1, 0.15) is 24.1 Å². The van der Waals surface area contributed by atoms with Crippen molar-refractivity contribution in [2.45, 2.75) is 19.5 Å². The lowest BCUT2D eigenvalue weighted by molar-refractivity contribution is 0.237. The van der Waals surface area contributed by atoms with Crippen LogP contribution in [0.25, 0.3) is 0 Å². The first-order valence-corrected chi connectivity index (χ1v) is 7.20. The van der Waals surface area contributed by atoms with E-state index in [0.717, 1.165) is 11.1 Å². The molecule has 0 bridgehead atoms. The molecule has 21 heavy (non-hydrogen) atoms. The molecule has 0 radical (unpaired) electrons. The molecule has 0 aliphatic carbocycles. The molecule has 4 nitrogen and oxygen atoms in total. The van der Waals surface area contributed by atoms with Crippen LogP contribution >= 0.6 is 23.2 Å². The Hall–Kier alpha value is -1.78. The maximum absolute atomic E-state index is 11.9. The zero-order valence-electron chi connectivity index (χ0n) is 11.4. The number of amides is 2. The van der Waals surface area contributed by atoms with Gasteiger partial charge >= 0.3 is 6.03 Å². The summed E-state index contributed by atoms with van der Waals surface area (Å²) in [5, 5.41) is 6.58. The Labute approximate surface area is 133 Å². The van der Waals surface area contributed by atoms with E-state index < -0.39 is 0 Å². The quantitative estimate of drug-likeness (QED) is 0.895. The van der Waals surface area contributed by atoms with Gasteiger partial charge in [0.2, 0.25) is 0 Å². The normalized spacial score (nSPS) is 11.8. The highest BCUT2D eigenvalue weighted by molar-refractivity contribution is 6.42. The molecule has 0 spiro atoms. The smallest absolute Gasteiger partial charge is 0.315 e. The second kappa shape index (κ2) is 7.29. The number of carbonyl (C=O) groups is 1. The number of hydrogen-bond acceptors (Lipinski definition) is 2. The second-order valence-electron chi connectivity index (χ2n) is 4.58. The summed E-state index contributed by atoms with van der Waals surface area (Å²) in [6, 6.07) is 8.59. The third-order valence-electron chi connectivity index (χ3n) is 2.97.